The quantitative estimate of drug-likeness (QED) is 0.446. The monoisotopic (exact) mass is 470 g/mol. The number of nitrogens with zero attached hydrogens (tertiary/aromatic N) is 2. The van der Waals surface area contributed by atoms with Crippen molar-refractivity contribution in [3.05, 3.63) is 46.2 Å². The van der Waals surface area contributed by atoms with Gasteiger partial charge in [0.2, 0.25) is 15.9 Å². The number of hydrogen-bond donors (Lipinski definition) is 0. The van der Waals surface area contributed by atoms with Gasteiger partial charge in [-0.05, 0) is 35.6 Å². The lowest BCUT2D eigenvalue weighted by Crippen LogP contribution is -2.44. The van der Waals surface area contributed by atoms with Crippen LogP contribution in [0.5, 0.6) is 11.5 Å². The Bertz CT molecular complexity index is 931. The minimum atomic E-state index is -3.53. The molecule has 1 amide bonds. The van der Waals surface area contributed by atoms with E-state index >= 15 is 0 Å². The van der Waals surface area contributed by atoms with Crippen LogP contribution in [0.3, 0.4) is 0 Å². The van der Waals surface area contributed by atoms with Gasteiger partial charge in [-0.2, -0.15) is 4.31 Å². The highest BCUT2D eigenvalue weighted by molar-refractivity contribution is 7.88. The van der Waals surface area contributed by atoms with Crippen molar-refractivity contribution in [3.63, 3.8) is 0 Å². The molecule has 0 bridgehead atoms. The van der Waals surface area contributed by atoms with Gasteiger partial charge in [0.05, 0.1) is 40.2 Å². The molecule has 0 saturated heterocycles. The molecule has 2 aromatic rings. The third-order valence-electron chi connectivity index (χ3n) is 4.72. The summed E-state index contributed by atoms with van der Waals surface area (Å²) in [6.07, 6.45) is 1.69. The molecule has 1 heterocycles. The number of methoxy groups -OCH3 is 3. The van der Waals surface area contributed by atoms with Crippen LogP contribution in [0, 0.1) is 0 Å². The summed E-state index contributed by atoms with van der Waals surface area (Å²) in [5.41, 5.74) is 0.987. The summed E-state index contributed by atoms with van der Waals surface area (Å²) in [5.74, 6) is 1.01. The van der Waals surface area contributed by atoms with Crippen LogP contribution in [0.2, 0.25) is 0 Å². The molecule has 8 nitrogen and oxygen atoms in total. The molecule has 2 rings (SSSR count). The molecule has 0 aliphatic heterocycles. The van der Waals surface area contributed by atoms with Gasteiger partial charge in [0, 0.05) is 25.1 Å². The fourth-order valence-electron chi connectivity index (χ4n) is 2.99. The van der Waals surface area contributed by atoms with Crippen molar-refractivity contribution < 1.29 is 27.4 Å². The number of amides is 1. The number of sulfonamides is 1. The van der Waals surface area contributed by atoms with Crippen LogP contribution in [0.25, 0.3) is 0 Å². The van der Waals surface area contributed by atoms with Gasteiger partial charge in [-0.1, -0.05) is 12.1 Å². The zero-order valence-corrected chi connectivity index (χ0v) is 20.0. The predicted octanol–water partition coefficient (Wildman–Crippen LogP) is 2.24. The predicted molar refractivity (Wildman–Crippen MR) is 121 cm³/mol. The second kappa shape index (κ2) is 12.0. The first-order valence-corrected chi connectivity index (χ1v) is 12.5. The molecule has 0 aliphatic rings. The van der Waals surface area contributed by atoms with E-state index in [1.165, 1.54) is 7.11 Å². The fraction of sp³-hybridized carbons (Fsp3) is 0.476. The zero-order valence-electron chi connectivity index (χ0n) is 18.4. The number of ether oxygens (including phenoxy) is 3. The van der Waals surface area contributed by atoms with Gasteiger partial charge in [-0.3, -0.25) is 4.79 Å². The van der Waals surface area contributed by atoms with Crippen molar-refractivity contribution in [2.24, 2.45) is 0 Å². The Labute approximate surface area is 188 Å². The van der Waals surface area contributed by atoms with Gasteiger partial charge in [0.25, 0.3) is 0 Å². The van der Waals surface area contributed by atoms with Gasteiger partial charge >= 0.3 is 0 Å². The lowest BCUT2D eigenvalue weighted by Gasteiger charge is -2.26. The van der Waals surface area contributed by atoms with Crippen LogP contribution in [0.1, 0.15) is 10.4 Å². The minimum Gasteiger partial charge on any atom is -0.493 e. The molecule has 0 spiro atoms. The summed E-state index contributed by atoms with van der Waals surface area (Å²) in [5, 5.41) is 1.95. The molecule has 31 heavy (non-hydrogen) atoms. The van der Waals surface area contributed by atoms with Crippen molar-refractivity contribution >= 4 is 27.3 Å². The summed E-state index contributed by atoms with van der Waals surface area (Å²) in [6, 6.07) is 9.53. The number of hydrogen-bond acceptors (Lipinski definition) is 7. The number of rotatable bonds is 13. The molecule has 0 fully saturated rings. The molecular formula is C21H30N2O6S2. The van der Waals surface area contributed by atoms with Crippen molar-refractivity contribution in [1.29, 1.82) is 0 Å². The first-order valence-electron chi connectivity index (χ1n) is 9.73. The SMILES string of the molecule is COCCN(CC(=O)N(CCc1ccc(OC)c(OC)c1)Cc1cccs1)S(C)(=O)=O. The van der Waals surface area contributed by atoms with E-state index in [1.54, 1.807) is 30.5 Å². The molecule has 10 heteroatoms. The third-order valence-corrected chi connectivity index (χ3v) is 6.83. The largest absolute Gasteiger partial charge is 0.493 e. The molecule has 0 radical (unpaired) electrons. The van der Waals surface area contributed by atoms with E-state index in [4.69, 9.17) is 14.2 Å². The highest BCUT2D eigenvalue weighted by Crippen LogP contribution is 2.27. The van der Waals surface area contributed by atoms with Gasteiger partial charge in [-0.15, -0.1) is 11.3 Å². The number of benzene rings is 1. The van der Waals surface area contributed by atoms with E-state index < -0.39 is 10.0 Å². The minimum absolute atomic E-state index is 0.129. The molecule has 0 N–H and O–H groups in total. The lowest BCUT2D eigenvalue weighted by molar-refractivity contribution is -0.132. The highest BCUT2D eigenvalue weighted by Gasteiger charge is 2.24. The Kier molecular flexibility index (Phi) is 9.76. The third kappa shape index (κ3) is 7.80. The van der Waals surface area contributed by atoms with Crippen LogP contribution in [-0.2, 0) is 32.5 Å². The van der Waals surface area contributed by atoms with Crippen LogP contribution >= 0.6 is 11.3 Å². The molecule has 0 aliphatic carbocycles. The topological polar surface area (TPSA) is 85.4 Å². The fourth-order valence-corrected chi connectivity index (χ4v) is 4.46. The highest BCUT2D eigenvalue weighted by atomic mass is 32.2. The maximum absolute atomic E-state index is 13.1. The van der Waals surface area contributed by atoms with Crippen LogP contribution in [0.4, 0.5) is 0 Å². The maximum Gasteiger partial charge on any atom is 0.238 e. The van der Waals surface area contributed by atoms with Crippen molar-refractivity contribution in [2.45, 2.75) is 13.0 Å². The Balaban J connectivity index is 2.15. The second-order valence-corrected chi connectivity index (χ2v) is 9.94. The van der Waals surface area contributed by atoms with E-state index in [1.807, 2.05) is 35.7 Å². The number of carbonyl (C=O) groups excluding carboxylic acids is 1. The standard InChI is InChI=1S/C21H30N2O6S2/c1-27-12-11-23(31(4,25)26)16-21(24)22(15-18-6-5-13-30-18)10-9-17-7-8-19(28-2)20(14-17)29-3/h5-8,13-14H,9-12,15-16H2,1-4H3. The van der Waals surface area contributed by atoms with Crippen molar-refractivity contribution in [1.82, 2.24) is 9.21 Å². The Morgan fingerprint density at radius 2 is 1.81 bits per heavy atom. The molecule has 0 saturated carbocycles. The molecule has 172 valence electrons. The number of thiophene rings is 1. The average Bonchev–Trinajstić information content (AvgIpc) is 3.25. The molecular weight excluding hydrogens is 440 g/mol. The van der Waals surface area contributed by atoms with Crippen molar-refractivity contribution in [2.75, 3.05) is 53.8 Å². The Morgan fingerprint density at radius 3 is 2.39 bits per heavy atom. The number of carbonyl (C=O) groups is 1. The first-order chi connectivity index (χ1) is 14.8. The molecule has 1 aromatic heterocycles. The average molecular weight is 471 g/mol. The Hall–Kier alpha value is -2.14. The molecule has 0 unspecified atom stereocenters. The van der Waals surface area contributed by atoms with E-state index in [2.05, 4.69) is 0 Å². The van der Waals surface area contributed by atoms with E-state index in [0.717, 1.165) is 21.0 Å². The van der Waals surface area contributed by atoms with Crippen molar-refractivity contribution in [3.8, 4) is 11.5 Å². The molecule has 1 aromatic carbocycles. The van der Waals surface area contributed by atoms with Crippen LogP contribution < -0.4 is 9.47 Å². The van der Waals surface area contributed by atoms with E-state index in [-0.39, 0.29) is 25.6 Å². The van der Waals surface area contributed by atoms with Crippen LogP contribution in [0.15, 0.2) is 35.7 Å². The van der Waals surface area contributed by atoms with E-state index in [0.29, 0.717) is 31.0 Å². The summed E-state index contributed by atoms with van der Waals surface area (Å²) in [6.45, 7) is 0.986. The first kappa shape index (κ1) is 25.1. The zero-order chi connectivity index (χ0) is 22.9. The summed E-state index contributed by atoms with van der Waals surface area (Å²) in [4.78, 5) is 15.8. The van der Waals surface area contributed by atoms with E-state index in [9.17, 15) is 13.2 Å². The normalized spacial score (nSPS) is 11.5. The lowest BCUT2D eigenvalue weighted by atomic mass is 10.1. The second-order valence-electron chi connectivity index (χ2n) is 6.92. The van der Waals surface area contributed by atoms with Crippen LogP contribution in [-0.4, -0.2) is 77.4 Å². The van der Waals surface area contributed by atoms with Gasteiger partial charge in [0.1, 0.15) is 0 Å². The molecule has 0 atom stereocenters. The summed E-state index contributed by atoms with van der Waals surface area (Å²) >= 11 is 1.56. The summed E-state index contributed by atoms with van der Waals surface area (Å²) < 4.78 is 41.0. The maximum atomic E-state index is 13.1. The smallest absolute Gasteiger partial charge is 0.238 e. The Morgan fingerprint density at radius 1 is 1.06 bits per heavy atom. The van der Waals surface area contributed by atoms with Gasteiger partial charge in [0.15, 0.2) is 11.5 Å². The van der Waals surface area contributed by atoms with Gasteiger partial charge < -0.3 is 19.1 Å². The van der Waals surface area contributed by atoms with Gasteiger partial charge in [-0.25, -0.2) is 8.42 Å². The summed E-state index contributed by atoms with van der Waals surface area (Å²) in [7, 11) is 1.12.